The number of nitrogens with one attached hydrogen (secondary N) is 1. The van der Waals surface area contributed by atoms with Crippen molar-refractivity contribution in [3.05, 3.63) is 74.5 Å². The summed E-state index contributed by atoms with van der Waals surface area (Å²) in [6.07, 6.45) is 0.167. The number of nitrogens with zero attached hydrogens (tertiary/aromatic N) is 2. The highest BCUT2D eigenvalue weighted by Gasteiger charge is 2.32. The van der Waals surface area contributed by atoms with Gasteiger partial charge in [0.2, 0.25) is 5.91 Å². The van der Waals surface area contributed by atoms with Gasteiger partial charge in [-0.15, -0.1) is 0 Å². The van der Waals surface area contributed by atoms with E-state index < -0.39 is 5.92 Å². The highest BCUT2D eigenvalue weighted by Crippen LogP contribution is 2.40. The van der Waals surface area contributed by atoms with Crippen molar-refractivity contribution >= 4 is 35.1 Å². The number of fused-ring (bicyclic) bond motifs is 2. The summed E-state index contributed by atoms with van der Waals surface area (Å²) in [5, 5.41) is 4.08. The van der Waals surface area contributed by atoms with Crippen LogP contribution >= 0.6 is 23.4 Å². The van der Waals surface area contributed by atoms with E-state index in [1.54, 1.807) is 4.57 Å². The molecule has 1 atom stereocenters. The Bertz CT molecular complexity index is 1260. The molecule has 0 unspecified atom stereocenters. The number of aromatic nitrogens is 2. The number of carbonyl (C=O) groups is 1. The maximum atomic E-state index is 13.1. The number of ether oxygens (including phenoxy) is 2. The fourth-order valence-electron chi connectivity index (χ4n) is 3.95. The van der Waals surface area contributed by atoms with E-state index >= 15 is 0 Å². The first kappa shape index (κ1) is 20.9. The number of hydrogen-bond donors (Lipinski definition) is 1. The molecule has 2 aliphatic heterocycles. The van der Waals surface area contributed by atoms with Gasteiger partial charge in [-0.25, -0.2) is 0 Å². The van der Waals surface area contributed by atoms with Gasteiger partial charge in [0, 0.05) is 30.2 Å². The zero-order chi connectivity index (χ0) is 22.2. The molecule has 0 bridgehead atoms. The summed E-state index contributed by atoms with van der Waals surface area (Å²) in [5.41, 5.74) is 2.03. The van der Waals surface area contributed by atoms with Crippen molar-refractivity contribution in [2.24, 2.45) is 7.05 Å². The molecule has 9 heteroatoms. The highest BCUT2D eigenvalue weighted by molar-refractivity contribution is 7.98. The Labute approximate surface area is 193 Å². The molecule has 2 aromatic carbocycles. The second kappa shape index (κ2) is 8.52. The van der Waals surface area contributed by atoms with Crippen LogP contribution in [0.1, 0.15) is 29.0 Å². The maximum absolute atomic E-state index is 13.1. The lowest BCUT2D eigenvalue weighted by molar-refractivity contribution is -0.116. The average molecular weight is 470 g/mol. The van der Waals surface area contributed by atoms with E-state index in [2.05, 4.69) is 10.3 Å². The number of hydrogen-bond acceptors (Lipinski definition) is 6. The molecule has 0 saturated heterocycles. The van der Waals surface area contributed by atoms with Gasteiger partial charge in [0.25, 0.3) is 5.56 Å². The minimum absolute atomic E-state index is 0.146. The zero-order valence-electron chi connectivity index (χ0n) is 17.3. The molecule has 0 aliphatic carbocycles. The first-order valence-corrected chi connectivity index (χ1v) is 11.5. The van der Waals surface area contributed by atoms with Crippen LogP contribution in [-0.2, 0) is 17.6 Å². The topological polar surface area (TPSA) is 82.5 Å². The normalized spacial score (nSPS) is 16.9. The van der Waals surface area contributed by atoms with Crippen molar-refractivity contribution in [3.63, 3.8) is 0 Å². The lowest BCUT2D eigenvalue weighted by Gasteiger charge is -2.28. The van der Waals surface area contributed by atoms with Crippen LogP contribution in [0.25, 0.3) is 0 Å². The van der Waals surface area contributed by atoms with Crippen LogP contribution in [0.5, 0.6) is 11.5 Å². The number of amides is 1. The van der Waals surface area contributed by atoms with Gasteiger partial charge in [-0.2, -0.15) is 4.98 Å². The number of carbonyl (C=O) groups excluding carboxylic acids is 1. The average Bonchev–Trinajstić information content (AvgIpc) is 2.80. The van der Waals surface area contributed by atoms with Crippen LogP contribution in [0.2, 0.25) is 5.02 Å². The van der Waals surface area contributed by atoms with Gasteiger partial charge in [0.1, 0.15) is 19.0 Å². The summed E-state index contributed by atoms with van der Waals surface area (Å²) in [6.45, 7) is 0.970. The van der Waals surface area contributed by atoms with E-state index in [-0.39, 0.29) is 17.9 Å². The quantitative estimate of drug-likeness (QED) is 0.460. The smallest absolute Gasteiger partial charge is 0.279 e. The monoisotopic (exact) mass is 469 g/mol. The van der Waals surface area contributed by atoms with E-state index in [0.717, 1.165) is 11.1 Å². The van der Waals surface area contributed by atoms with E-state index in [9.17, 15) is 9.59 Å². The van der Waals surface area contributed by atoms with Crippen molar-refractivity contribution in [1.29, 1.82) is 0 Å². The molecule has 0 spiro atoms. The van der Waals surface area contributed by atoms with E-state index in [1.807, 2.05) is 49.5 Å². The third-order valence-electron chi connectivity index (χ3n) is 5.55. The third kappa shape index (κ3) is 3.96. The van der Waals surface area contributed by atoms with Crippen LogP contribution < -0.4 is 20.3 Å². The second-order valence-corrected chi connectivity index (χ2v) is 9.02. The molecule has 32 heavy (non-hydrogen) atoms. The SMILES string of the molecule is Cn1c(SCc2ccc(Cl)cc2)nc(=O)c2c1NC(=O)C[C@@H]2c1ccc2c(c1)OCCO2. The predicted molar refractivity (Wildman–Crippen MR) is 123 cm³/mol. The Morgan fingerprint density at radius 3 is 2.66 bits per heavy atom. The van der Waals surface area contributed by atoms with E-state index in [1.165, 1.54) is 11.8 Å². The lowest BCUT2D eigenvalue weighted by Crippen LogP contribution is -2.33. The Morgan fingerprint density at radius 1 is 1.12 bits per heavy atom. The minimum atomic E-state index is -0.406. The molecule has 2 aliphatic rings. The molecule has 0 saturated carbocycles. The summed E-state index contributed by atoms with van der Waals surface area (Å²) in [5.74, 6) is 1.85. The van der Waals surface area contributed by atoms with Crippen LogP contribution in [0, 0.1) is 0 Å². The zero-order valence-corrected chi connectivity index (χ0v) is 18.8. The van der Waals surface area contributed by atoms with Crippen molar-refractivity contribution in [3.8, 4) is 11.5 Å². The number of halogens is 1. The second-order valence-electron chi connectivity index (χ2n) is 7.64. The van der Waals surface area contributed by atoms with E-state index in [4.69, 9.17) is 21.1 Å². The van der Waals surface area contributed by atoms with Crippen molar-refractivity contribution < 1.29 is 14.3 Å². The van der Waals surface area contributed by atoms with Crippen molar-refractivity contribution in [2.75, 3.05) is 18.5 Å². The molecule has 5 rings (SSSR count). The van der Waals surface area contributed by atoms with Crippen LogP contribution in [-0.4, -0.2) is 28.7 Å². The fraction of sp³-hybridized carbons (Fsp3) is 0.261. The van der Waals surface area contributed by atoms with Crippen LogP contribution in [0.15, 0.2) is 52.4 Å². The number of thioether (sulfide) groups is 1. The Hall–Kier alpha value is -2.97. The molecule has 3 heterocycles. The number of rotatable bonds is 4. The van der Waals surface area contributed by atoms with Crippen molar-refractivity contribution in [1.82, 2.24) is 9.55 Å². The van der Waals surface area contributed by atoms with Crippen molar-refractivity contribution in [2.45, 2.75) is 23.2 Å². The van der Waals surface area contributed by atoms with E-state index in [0.29, 0.717) is 52.0 Å². The molecule has 0 radical (unpaired) electrons. The molecule has 164 valence electrons. The van der Waals surface area contributed by atoms with Gasteiger partial charge in [-0.05, 0) is 35.4 Å². The number of anilines is 1. The summed E-state index contributed by atoms with van der Waals surface area (Å²) in [6, 6.07) is 13.1. The number of benzene rings is 2. The first-order chi connectivity index (χ1) is 15.5. The van der Waals surface area contributed by atoms with Crippen LogP contribution in [0.3, 0.4) is 0 Å². The lowest BCUT2D eigenvalue weighted by atomic mass is 9.86. The van der Waals surface area contributed by atoms with Gasteiger partial charge in [-0.3, -0.25) is 9.59 Å². The van der Waals surface area contributed by atoms with Crippen LogP contribution in [0.4, 0.5) is 5.82 Å². The van der Waals surface area contributed by atoms with Gasteiger partial charge in [0.15, 0.2) is 16.7 Å². The molecule has 3 aromatic rings. The summed E-state index contributed by atoms with van der Waals surface area (Å²) < 4.78 is 13.1. The van der Waals surface area contributed by atoms with Gasteiger partial charge in [-0.1, -0.05) is 41.6 Å². The predicted octanol–water partition coefficient (Wildman–Crippen LogP) is 3.97. The molecule has 0 fully saturated rings. The third-order valence-corrected chi connectivity index (χ3v) is 6.90. The Morgan fingerprint density at radius 2 is 1.88 bits per heavy atom. The molecule has 7 nitrogen and oxygen atoms in total. The molecular formula is C23H20ClN3O4S. The first-order valence-electron chi connectivity index (χ1n) is 10.2. The molecule has 1 N–H and O–H groups in total. The fourth-order valence-corrected chi connectivity index (χ4v) is 5.00. The Balaban J connectivity index is 1.50. The molecule has 1 aromatic heterocycles. The van der Waals surface area contributed by atoms with Gasteiger partial charge >= 0.3 is 0 Å². The molecule has 1 amide bonds. The minimum Gasteiger partial charge on any atom is -0.486 e. The summed E-state index contributed by atoms with van der Waals surface area (Å²) in [7, 11) is 1.81. The summed E-state index contributed by atoms with van der Waals surface area (Å²) >= 11 is 7.38. The highest BCUT2D eigenvalue weighted by atomic mass is 35.5. The summed E-state index contributed by atoms with van der Waals surface area (Å²) in [4.78, 5) is 30.0. The van der Waals surface area contributed by atoms with Gasteiger partial charge in [0.05, 0.1) is 5.56 Å². The Kier molecular flexibility index (Phi) is 5.57. The molecular weight excluding hydrogens is 450 g/mol. The van der Waals surface area contributed by atoms with Gasteiger partial charge < -0.3 is 19.4 Å². The standard InChI is InChI=1S/C23H20ClN3O4S/c1-27-21-20(22(29)26-23(27)32-12-13-2-5-15(24)6-3-13)16(11-19(28)25-21)14-4-7-17-18(10-14)31-9-8-30-17/h2-7,10,16H,8-9,11-12H2,1H3,(H,25,28)/t16-/m1/s1. The maximum Gasteiger partial charge on any atom is 0.279 e. The largest absolute Gasteiger partial charge is 0.486 e.